The molecule has 4 nitrogen and oxygen atoms in total. The van der Waals surface area contributed by atoms with Gasteiger partial charge in [-0.3, -0.25) is 4.79 Å². The molecule has 17 heavy (non-hydrogen) atoms. The summed E-state index contributed by atoms with van der Waals surface area (Å²) in [5, 5.41) is 3.29. The Morgan fingerprint density at radius 1 is 1.41 bits per heavy atom. The molecular formula is C13H26N2O2. The van der Waals surface area contributed by atoms with E-state index < -0.39 is 0 Å². The number of nitrogens with zero attached hydrogens (tertiary/aromatic N) is 1. The van der Waals surface area contributed by atoms with Crippen LogP contribution in [0.4, 0.5) is 0 Å². The van der Waals surface area contributed by atoms with E-state index >= 15 is 0 Å². The third-order valence-electron chi connectivity index (χ3n) is 3.05. The van der Waals surface area contributed by atoms with Crippen LogP contribution in [0.15, 0.2) is 0 Å². The maximum Gasteiger partial charge on any atom is 0.248 e. The molecule has 0 aromatic rings. The molecule has 0 aromatic heterocycles. The predicted molar refractivity (Wildman–Crippen MR) is 68.9 cm³/mol. The summed E-state index contributed by atoms with van der Waals surface area (Å²) in [7, 11) is 0. The SMILES string of the molecule is CCN(CC(C)C)C(=O)COC1CCNCC1. The number of hydrogen-bond donors (Lipinski definition) is 1. The van der Waals surface area contributed by atoms with E-state index in [1.807, 2.05) is 11.8 Å². The van der Waals surface area contributed by atoms with Gasteiger partial charge in [0.1, 0.15) is 6.61 Å². The van der Waals surface area contributed by atoms with Gasteiger partial charge in [0.05, 0.1) is 6.10 Å². The second-order valence-electron chi connectivity index (χ2n) is 5.09. The van der Waals surface area contributed by atoms with Crippen molar-refractivity contribution >= 4 is 5.91 Å². The van der Waals surface area contributed by atoms with Gasteiger partial charge in [0.2, 0.25) is 5.91 Å². The van der Waals surface area contributed by atoms with Crippen molar-refractivity contribution in [1.29, 1.82) is 0 Å². The van der Waals surface area contributed by atoms with Gasteiger partial charge in [0.15, 0.2) is 0 Å². The largest absolute Gasteiger partial charge is 0.368 e. The van der Waals surface area contributed by atoms with Gasteiger partial charge in [0.25, 0.3) is 0 Å². The fourth-order valence-electron chi connectivity index (χ4n) is 2.09. The Morgan fingerprint density at radius 2 is 2.06 bits per heavy atom. The molecular weight excluding hydrogens is 216 g/mol. The van der Waals surface area contributed by atoms with Crippen LogP contribution < -0.4 is 5.32 Å². The van der Waals surface area contributed by atoms with Crippen molar-refractivity contribution in [3.05, 3.63) is 0 Å². The summed E-state index contributed by atoms with van der Waals surface area (Å²) < 4.78 is 5.68. The minimum atomic E-state index is 0.125. The number of carbonyl (C=O) groups is 1. The summed E-state index contributed by atoms with van der Waals surface area (Å²) >= 11 is 0. The number of hydrogen-bond acceptors (Lipinski definition) is 3. The highest BCUT2D eigenvalue weighted by Gasteiger charge is 2.17. The summed E-state index contributed by atoms with van der Waals surface area (Å²) in [4.78, 5) is 13.8. The molecule has 0 aliphatic carbocycles. The smallest absolute Gasteiger partial charge is 0.248 e. The van der Waals surface area contributed by atoms with Crippen LogP contribution in [0.1, 0.15) is 33.6 Å². The van der Waals surface area contributed by atoms with Crippen LogP contribution in [0.25, 0.3) is 0 Å². The maximum atomic E-state index is 11.9. The lowest BCUT2D eigenvalue weighted by Gasteiger charge is -2.26. The molecule has 1 rings (SSSR count). The second-order valence-corrected chi connectivity index (χ2v) is 5.09. The summed E-state index contributed by atoms with van der Waals surface area (Å²) in [5.41, 5.74) is 0. The van der Waals surface area contributed by atoms with Crippen LogP contribution in [0.5, 0.6) is 0 Å². The molecule has 1 heterocycles. The van der Waals surface area contributed by atoms with Crippen molar-refractivity contribution in [3.63, 3.8) is 0 Å². The topological polar surface area (TPSA) is 41.6 Å². The number of ether oxygens (including phenoxy) is 1. The second kappa shape index (κ2) is 7.67. The fraction of sp³-hybridized carbons (Fsp3) is 0.923. The quantitative estimate of drug-likeness (QED) is 0.762. The average molecular weight is 242 g/mol. The van der Waals surface area contributed by atoms with E-state index in [-0.39, 0.29) is 18.6 Å². The van der Waals surface area contributed by atoms with Crippen LogP contribution in [0.3, 0.4) is 0 Å². The van der Waals surface area contributed by atoms with Crippen LogP contribution >= 0.6 is 0 Å². The molecule has 100 valence electrons. The molecule has 1 aliphatic heterocycles. The average Bonchev–Trinajstić information content (AvgIpc) is 2.34. The zero-order valence-electron chi connectivity index (χ0n) is 11.4. The normalized spacial score (nSPS) is 17.4. The van der Waals surface area contributed by atoms with Gasteiger partial charge in [0, 0.05) is 13.1 Å². The van der Waals surface area contributed by atoms with Gasteiger partial charge in [-0.2, -0.15) is 0 Å². The Balaban J connectivity index is 2.26. The van der Waals surface area contributed by atoms with Crippen molar-refractivity contribution < 1.29 is 9.53 Å². The number of rotatable bonds is 6. The van der Waals surface area contributed by atoms with Crippen LogP contribution in [0.2, 0.25) is 0 Å². The number of carbonyl (C=O) groups excluding carboxylic acids is 1. The first-order valence-electron chi connectivity index (χ1n) is 6.73. The highest BCUT2D eigenvalue weighted by molar-refractivity contribution is 5.77. The first-order valence-corrected chi connectivity index (χ1v) is 6.73. The minimum absolute atomic E-state index is 0.125. The highest BCUT2D eigenvalue weighted by atomic mass is 16.5. The van der Waals surface area contributed by atoms with Gasteiger partial charge in [-0.15, -0.1) is 0 Å². The predicted octanol–water partition coefficient (Wildman–Crippen LogP) is 1.26. The van der Waals surface area contributed by atoms with E-state index in [0.29, 0.717) is 5.92 Å². The molecule has 0 unspecified atom stereocenters. The Labute approximate surface area is 105 Å². The maximum absolute atomic E-state index is 11.9. The Hall–Kier alpha value is -0.610. The van der Waals surface area contributed by atoms with Gasteiger partial charge < -0.3 is 15.0 Å². The van der Waals surface area contributed by atoms with Crippen LogP contribution in [0, 0.1) is 5.92 Å². The van der Waals surface area contributed by atoms with Gasteiger partial charge >= 0.3 is 0 Å². The number of amides is 1. The van der Waals surface area contributed by atoms with Crippen LogP contribution in [-0.4, -0.2) is 49.7 Å². The Bertz CT molecular complexity index is 225. The molecule has 1 saturated heterocycles. The molecule has 1 fully saturated rings. The van der Waals surface area contributed by atoms with Gasteiger partial charge in [-0.1, -0.05) is 13.8 Å². The standard InChI is InChI=1S/C13H26N2O2/c1-4-15(9-11(2)3)13(16)10-17-12-5-7-14-8-6-12/h11-12,14H,4-10H2,1-3H3. The number of nitrogens with one attached hydrogen (secondary N) is 1. The Morgan fingerprint density at radius 3 is 2.59 bits per heavy atom. The van der Waals surface area contributed by atoms with E-state index in [4.69, 9.17) is 4.74 Å². The monoisotopic (exact) mass is 242 g/mol. The van der Waals surface area contributed by atoms with Crippen LogP contribution in [-0.2, 0) is 9.53 Å². The molecule has 0 spiro atoms. The molecule has 4 heteroatoms. The summed E-state index contributed by atoms with van der Waals surface area (Å²) in [6, 6.07) is 0. The van der Waals surface area contributed by atoms with Crippen molar-refractivity contribution in [2.75, 3.05) is 32.8 Å². The van der Waals surface area contributed by atoms with E-state index in [0.717, 1.165) is 39.0 Å². The lowest BCUT2D eigenvalue weighted by Crippen LogP contribution is -2.39. The van der Waals surface area contributed by atoms with E-state index in [2.05, 4.69) is 19.2 Å². The van der Waals surface area contributed by atoms with E-state index in [1.54, 1.807) is 0 Å². The summed E-state index contributed by atoms with van der Waals surface area (Å²) in [5.74, 6) is 0.637. The van der Waals surface area contributed by atoms with E-state index in [1.165, 1.54) is 0 Å². The van der Waals surface area contributed by atoms with Gasteiger partial charge in [-0.25, -0.2) is 0 Å². The van der Waals surface area contributed by atoms with Crippen molar-refractivity contribution in [2.24, 2.45) is 5.92 Å². The van der Waals surface area contributed by atoms with Gasteiger partial charge in [-0.05, 0) is 38.8 Å². The third kappa shape index (κ3) is 5.50. The molecule has 1 N–H and O–H groups in total. The first-order chi connectivity index (χ1) is 8.13. The molecule has 0 saturated carbocycles. The lowest BCUT2D eigenvalue weighted by molar-refractivity contribution is -0.139. The molecule has 0 atom stereocenters. The Kier molecular flexibility index (Phi) is 6.52. The fourth-order valence-corrected chi connectivity index (χ4v) is 2.09. The molecule has 0 bridgehead atoms. The van der Waals surface area contributed by atoms with E-state index in [9.17, 15) is 4.79 Å². The van der Waals surface area contributed by atoms with Crippen molar-refractivity contribution in [2.45, 2.75) is 39.7 Å². The zero-order chi connectivity index (χ0) is 12.7. The first kappa shape index (κ1) is 14.5. The zero-order valence-corrected chi connectivity index (χ0v) is 11.4. The summed E-state index contributed by atoms with van der Waals surface area (Å²) in [6.45, 7) is 10.1. The molecule has 0 aromatic carbocycles. The minimum Gasteiger partial charge on any atom is -0.368 e. The van der Waals surface area contributed by atoms with Crippen molar-refractivity contribution in [1.82, 2.24) is 10.2 Å². The highest BCUT2D eigenvalue weighted by Crippen LogP contribution is 2.08. The molecule has 0 radical (unpaired) electrons. The lowest BCUT2D eigenvalue weighted by atomic mass is 10.1. The third-order valence-corrected chi connectivity index (χ3v) is 3.05. The molecule has 1 aliphatic rings. The number of likely N-dealkylation sites (N-methyl/N-ethyl adjacent to an activating group) is 1. The molecule has 1 amide bonds. The number of piperidine rings is 1. The van der Waals surface area contributed by atoms with Crippen molar-refractivity contribution in [3.8, 4) is 0 Å². The summed E-state index contributed by atoms with van der Waals surface area (Å²) in [6.07, 6.45) is 2.30.